The minimum atomic E-state index is -0.801. The zero-order valence-corrected chi connectivity index (χ0v) is 18.2. The van der Waals surface area contributed by atoms with E-state index >= 15 is 0 Å². The first kappa shape index (κ1) is 22.0. The largest absolute Gasteiger partial charge is 0.496 e. The lowest BCUT2D eigenvalue weighted by Gasteiger charge is -2.15. The topological polar surface area (TPSA) is 87.0 Å². The van der Waals surface area contributed by atoms with Gasteiger partial charge < -0.3 is 14.2 Å². The van der Waals surface area contributed by atoms with E-state index in [2.05, 4.69) is 15.6 Å². The number of amides is 1. The van der Waals surface area contributed by atoms with Gasteiger partial charge in [-0.2, -0.15) is 10.2 Å². The Morgan fingerprint density at radius 2 is 1.74 bits per heavy atom. The summed E-state index contributed by atoms with van der Waals surface area (Å²) in [7, 11) is 4.68. The van der Waals surface area contributed by atoms with Crippen LogP contribution in [0.5, 0.6) is 11.5 Å². The van der Waals surface area contributed by atoms with Crippen LogP contribution in [0.4, 0.5) is 0 Å². The minimum Gasteiger partial charge on any atom is -0.496 e. The molecule has 0 aliphatic carbocycles. The number of carbonyl (C=O) groups excluding carboxylic acids is 1. The molecule has 0 spiro atoms. The van der Waals surface area contributed by atoms with Gasteiger partial charge in [0.05, 0.1) is 25.6 Å². The van der Waals surface area contributed by atoms with Gasteiger partial charge in [-0.3, -0.25) is 4.79 Å². The number of aromatic nitrogens is 2. The van der Waals surface area contributed by atoms with Crippen molar-refractivity contribution in [3.8, 4) is 17.2 Å². The van der Waals surface area contributed by atoms with Crippen molar-refractivity contribution >= 4 is 11.6 Å². The minimum absolute atomic E-state index is 0.375. The van der Waals surface area contributed by atoms with Crippen LogP contribution in [0.1, 0.15) is 29.7 Å². The van der Waals surface area contributed by atoms with Gasteiger partial charge in [0.15, 0.2) is 6.10 Å². The Bertz CT molecular complexity index is 1030. The molecule has 0 fully saturated rings. The highest BCUT2D eigenvalue weighted by molar-refractivity contribution is 6.00. The molecule has 1 unspecified atom stereocenters. The van der Waals surface area contributed by atoms with Crippen molar-refractivity contribution in [1.29, 1.82) is 0 Å². The van der Waals surface area contributed by atoms with E-state index in [4.69, 9.17) is 14.2 Å². The van der Waals surface area contributed by atoms with E-state index in [1.807, 2.05) is 55.6 Å². The molecule has 1 amide bonds. The molecule has 3 rings (SSSR count). The third kappa shape index (κ3) is 4.92. The van der Waals surface area contributed by atoms with Crippen LogP contribution >= 0.6 is 0 Å². The van der Waals surface area contributed by atoms with Crippen LogP contribution in [0, 0.1) is 6.92 Å². The Morgan fingerprint density at radius 3 is 2.26 bits per heavy atom. The predicted octanol–water partition coefficient (Wildman–Crippen LogP) is 3.43. The lowest BCUT2D eigenvalue weighted by Crippen LogP contribution is -2.27. The standard InChI is InChI=1S/C23H26N4O4/c1-15-20(29-3)13-18(14-21(15)30-4)16(2)25-26-23(28)22(31-5)17-7-9-19(10-8-17)27-12-6-11-24-27/h6-14,22H,1-5H3,(H,26,28)/b25-16+. The maximum atomic E-state index is 12.7. The van der Waals surface area contributed by atoms with Crippen molar-refractivity contribution in [3.05, 3.63) is 71.5 Å². The highest BCUT2D eigenvalue weighted by atomic mass is 16.5. The SMILES string of the molecule is COc1cc(/C(C)=N/NC(=O)C(OC)c2ccc(-n3cccn3)cc2)cc(OC)c1C. The third-order valence-electron chi connectivity index (χ3n) is 4.94. The highest BCUT2D eigenvalue weighted by Crippen LogP contribution is 2.29. The average Bonchev–Trinajstić information content (AvgIpc) is 3.33. The second-order valence-corrected chi connectivity index (χ2v) is 6.84. The molecule has 162 valence electrons. The second-order valence-electron chi connectivity index (χ2n) is 6.84. The van der Waals surface area contributed by atoms with Crippen LogP contribution in [0.3, 0.4) is 0 Å². The van der Waals surface area contributed by atoms with Gasteiger partial charge >= 0.3 is 0 Å². The van der Waals surface area contributed by atoms with Crippen molar-refractivity contribution in [2.24, 2.45) is 5.10 Å². The molecule has 8 heteroatoms. The summed E-state index contributed by atoms with van der Waals surface area (Å²) in [5.74, 6) is 0.990. The van der Waals surface area contributed by atoms with Gasteiger partial charge in [-0.1, -0.05) is 12.1 Å². The number of nitrogens with one attached hydrogen (secondary N) is 1. The first-order valence-corrected chi connectivity index (χ1v) is 9.68. The number of hydrogen-bond donors (Lipinski definition) is 1. The van der Waals surface area contributed by atoms with Crippen molar-refractivity contribution in [2.45, 2.75) is 20.0 Å². The molecule has 0 saturated heterocycles. The molecule has 0 bridgehead atoms. The summed E-state index contributed by atoms with van der Waals surface area (Å²) in [4.78, 5) is 12.7. The van der Waals surface area contributed by atoms with Gasteiger partial charge in [-0.25, -0.2) is 10.1 Å². The maximum absolute atomic E-state index is 12.7. The van der Waals surface area contributed by atoms with Crippen molar-refractivity contribution in [1.82, 2.24) is 15.2 Å². The molecule has 1 aromatic heterocycles. The summed E-state index contributed by atoms with van der Waals surface area (Å²) in [5.41, 5.74) is 6.46. The van der Waals surface area contributed by atoms with Gasteiger partial charge in [-0.15, -0.1) is 0 Å². The Hall–Kier alpha value is -3.65. The molecule has 0 saturated carbocycles. The Balaban J connectivity index is 1.75. The summed E-state index contributed by atoms with van der Waals surface area (Å²) in [5, 5.41) is 8.43. The number of ether oxygens (including phenoxy) is 3. The second kappa shape index (κ2) is 9.90. The molecule has 0 aliphatic heterocycles. The quantitative estimate of drug-likeness (QED) is 0.444. The maximum Gasteiger partial charge on any atom is 0.273 e. The van der Waals surface area contributed by atoms with Crippen LogP contribution in [0.15, 0.2) is 60.0 Å². The van der Waals surface area contributed by atoms with Gasteiger partial charge in [0, 0.05) is 30.6 Å². The number of hydrazone groups is 1. The van der Waals surface area contributed by atoms with Crippen LogP contribution in [0.25, 0.3) is 5.69 Å². The first-order chi connectivity index (χ1) is 15.0. The van der Waals surface area contributed by atoms with E-state index in [1.165, 1.54) is 7.11 Å². The number of methoxy groups -OCH3 is 3. The van der Waals surface area contributed by atoms with Crippen molar-refractivity contribution in [3.63, 3.8) is 0 Å². The highest BCUT2D eigenvalue weighted by Gasteiger charge is 2.20. The fourth-order valence-corrected chi connectivity index (χ4v) is 3.18. The van der Waals surface area contributed by atoms with E-state index in [0.29, 0.717) is 22.8 Å². The zero-order valence-electron chi connectivity index (χ0n) is 18.2. The first-order valence-electron chi connectivity index (χ1n) is 9.68. The Kier molecular flexibility index (Phi) is 7.04. The molecular formula is C23H26N4O4. The number of nitrogens with zero attached hydrogens (tertiary/aromatic N) is 3. The van der Waals surface area contributed by atoms with Crippen molar-refractivity contribution in [2.75, 3.05) is 21.3 Å². The molecule has 0 radical (unpaired) electrons. The Morgan fingerprint density at radius 1 is 1.10 bits per heavy atom. The van der Waals surface area contributed by atoms with Gasteiger partial charge in [0.1, 0.15) is 11.5 Å². The number of rotatable bonds is 8. The Labute approximate surface area is 181 Å². The fraction of sp³-hybridized carbons (Fsp3) is 0.261. The van der Waals surface area contributed by atoms with Crippen molar-refractivity contribution < 1.29 is 19.0 Å². The molecule has 31 heavy (non-hydrogen) atoms. The average molecular weight is 422 g/mol. The summed E-state index contributed by atoms with van der Waals surface area (Å²) in [6.07, 6.45) is 2.76. The number of benzene rings is 2. The van der Waals surface area contributed by atoms with E-state index in [9.17, 15) is 4.79 Å². The van der Waals surface area contributed by atoms with E-state index in [-0.39, 0.29) is 5.91 Å². The van der Waals surface area contributed by atoms with Crippen LogP contribution in [-0.4, -0.2) is 42.7 Å². The molecule has 1 heterocycles. The van der Waals surface area contributed by atoms with Gasteiger partial charge in [0.2, 0.25) is 0 Å². The summed E-state index contributed by atoms with van der Waals surface area (Å²) >= 11 is 0. The van der Waals surface area contributed by atoms with Crippen LogP contribution in [0.2, 0.25) is 0 Å². The lowest BCUT2D eigenvalue weighted by atomic mass is 10.1. The normalized spacial score (nSPS) is 12.4. The molecule has 8 nitrogen and oxygen atoms in total. The molecule has 3 aromatic rings. The monoisotopic (exact) mass is 422 g/mol. The summed E-state index contributed by atoms with van der Waals surface area (Å²) in [6.45, 7) is 3.71. The van der Waals surface area contributed by atoms with Crippen LogP contribution < -0.4 is 14.9 Å². The molecule has 0 aliphatic rings. The lowest BCUT2D eigenvalue weighted by molar-refractivity contribution is -0.131. The summed E-state index contributed by atoms with van der Waals surface area (Å²) < 4.78 is 18.0. The smallest absolute Gasteiger partial charge is 0.273 e. The molecular weight excluding hydrogens is 396 g/mol. The van der Waals surface area contributed by atoms with Gasteiger partial charge in [-0.05, 0) is 49.7 Å². The molecule has 2 aromatic carbocycles. The molecule has 1 atom stereocenters. The third-order valence-corrected chi connectivity index (χ3v) is 4.94. The van der Waals surface area contributed by atoms with E-state index in [1.54, 1.807) is 32.0 Å². The predicted molar refractivity (Wildman–Crippen MR) is 118 cm³/mol. The fourth-order valence-electron chi connectivity index (χ4n) is 3.18. The van der Waals surface area contributed by atoms with E-state index in [0.717, 1.165) is 16.8 Å². The van der Waals surface area contributed by atoms with E-state index < -0.39 is 6.10 Å². The number of carbonyl (C=O) groups is 1. The summed E-state index contributed by atoms with van der Waals surface area (Å²) in [6, 6.07) is 13.0. The van der Waals surface area contributed by atoms with Gasteiger partial charge in [0.25, 0.3) is 5.91 Å². The molecule has 1 N–H and O–H groups in total. The number of hydrogen-bond acceptors (Lipinski definition) is 6. The van der Waals surface area contributed by atoms with Crippen LogP contribution in [-0.2, 0) is 9.53 Å². The zero-order chi connectivity index (χ0) is 22.4.